The van der Waals surface area contributed by atoms with Crippen molar-refractivity contribution < 1.29 is 9.18 Å². The molecule has 3 nitrogen and oxygen atoms in total. The number of halogens is 2. The lowest BCUT2D eigenvalue weighted by atomic mass is 9.98. The molecule has 0 spiro atoms. The van der Waals surface area contributed by atoms with Gasteiger partial charge in [0, 0.05) is 12.1 Å². The number of nitrogens with two attached hydrogens (primary N) is 1. The average molecular weight is 275 g/mol. The summed E-state index contributed by atoms with van der Waals surface area (Å²) in [7, 11) is 0. The first-order valence-corrected chi connectivity index (χ1v) is 5.63. The maximum absolute atomic E-state index is 13.0. The van der Waals surface area contributed by atoms with Gasteiger partial charge in [0.15, 0.2) is 0 Å². The number of benzene rings is 1. The average Bonchev–Trinajstić information content (AvgIpc) is 2.27. The van der Waals surface area contributed by atoms with Gasteiger partial charge in [-0.25, -0.2) is 4.39 Å². The minimum absolute atomic E-state index is 0. The summed E-state index contributed by atoms with van der Waals surface area (Å²) in [6.07, 6.45) is 0. The van der Waals surface area contributed by atoms with Crippen LogP contribution in [0.15, 0.2) is 24.3 Å². The van der Waals surface area contributed by atoms with Gasteiger partial charge in [-0.2, -0.15) is 0 Å². The molecule has 0 radical (unpaired) electrons. The molecule has 0 aliphatic carbocycles. The van der Waals surface area contributed by atoms with Crippen molar-refractivity contribution in [1.29, 1.82) is 0 Å². The molecule has 102 valence electrons. The zero-order valence-corrected chi connectivity index (χ0v) is 11.7. The summed E-state index contributed by atoms with van der Waals surface area (Å²) in [5.74, 6) is -0.872. The fourth-order valence-electron chi connectivity index (χ4n) is 1.42. The van der Waals surface area contributed by atoms with Crippen molar-refractivity contribution in [3.05, 3.63) is 35.6 Å². The molecule has 18 heavy (non-hydrogen) atoms. The van der Waals surface area contributed by atoms with E-state index in [0.29, 0.717) is 12.1 Å². The Labute approximate surface area is 113 Å². The van der Waals surface area contributed by atoms with Crippen LogP contribution in [0.4, 0.5) is 4.39 Å². The fraction of sp³-hybridized carbons (Fsp3) is 0.462. The molecule has 0 aromatic heterocycles. The summed E-state index contributed by atoms with van der Waals surface area (Å²) in [5.41, 5.74) is 5.76. The highest BCUT2D eigenvalue weighted by atomic mass is 35.5. The SMILES string of the molecule is CC(C(=O)NC(C)(C)CN)c1cccc(F)c1.Cl. The van der Waals surface area contributed by atoms with Gasteiger partial charge in [0.2, 0.25) is 5.91 Å². The van der Waals surface area contributed by atoms with Crippen LogP contribution in [0.3, 0.4) is 0 Å². The predicted octanol–water partition coefficient (Wildman–Crippen LogP) is 2.20. The lowest BCUT2D eigenvalue weighted by Crippen LogP contribution is -2.50. The highest BCUT2D eigenvalue weighted by molar-refractivity contribution is 5.85. The minimum atomic E-state index is -0.446. The van der Waals surface area contributed by atoms with E-state index in [1.165, 1.54) is 12.1 Å². The molecule has 1 rings (SSSR count). The summed E-state index contributed by atoms with van der Waals surface area (Å²) in [6, 6.07) is 6.07. The van der Waals surface area contributed by atoms with Crippen LogP contribution in [0.5, 0.6) is 0 Å². The molecule has 1 aromatic rings. The number of rotatable bonds is 4. The van der Waals surface area contributed by atoms with Crippen molar-refractivity contribution in [2.24, 2.45) is 5.73 Å². The second-order valence-corrected chi connectivity index (χ2v) is 4.85. The van der Waals surface area contributed by atoms with E-state index in [1.54, 1.807) is 19.1 Å². The summed E-state index contributed by atoms with van der Waals surface area (Å²) in [6.45, 7) is 5.80. The molecule has 0 saturated carbocycles. The van der Waals surface area contributed by atoms with Gasteiger partial charge in [0.25, 0.3) is 0 Å². The molecular formula is C13H20ClFN2O. The van der Waals surface area contributed by atoms with Gasteiger partial charge in [0.1, 0.15) is 5.82 Å². The number of amides is 1. The maximum Gasteiger partial charge on any atom is 0.227 e. The first-order chi connectivity index (χ1) is 7.85. The van der Waals surface area contributed by atoms with Gasteiger partial charge in [-0.3, -0.25) is 4.79 Å². The predicted molar refractivity (Wildman–Crippen MR) is 73.3 cm³/mol. The van der Waals surface area contributed by atoms with Gasteiger partial charge in [0.05, 0.1) is 5.92 Å². The lowest BCUT2D eigenvalue weighted by molar-refractivity contribution is -0.123. The number of hydrogen-bond donors (Lipinski definition) is 2. The third-order valence-electron chi connectivity index (χ3n) is 2.71. The van der Waals surface area contributed by atoms with E-state index in [-0.39, 0.29) is 24.1 Å². The molecule has 1 atom stereocenters. The van der Waals surface area contributed by atoms with Crippen LogP contribution in [0.1, 0.15) is 32.3 Å². The molecule has 1 amide bonds. The van der Waals surface area contributed by atoms with Crippen LogP contribution in [-0.4, -0.2) is 18.0 Å². The molecular weight excluding hydrogens is 255 g/mol. The van der Waals surface area contributed by atoms with Crippen molar-refractivity contribution in [2.45, 2.75) is 32.2 Å². The molecule has 1 unspecified atom stereocenters. The van der Waals surface area contributed by atoms with Crippen molar-refractivity contribution in [1.82, 2.24) is 5.32 Å². The molecule has 0 bridgehead atoms. The second-order valence-electron chi connectivity index (χ2n) is 4.85. The first kappa shape index (κ1) is 16.9. The monoisotopic (exact) mass is 274 g/mol. The van der Waals surface area contributed by atoms with Gasteiger partial charge in [-0.15, -0.1) is 12.4 Å². The number of carbonyl (C=O) groups excluding carboxylic acids is 1. The van der Waals surface area contributed by atoms with E-state index >= 15 is 0 Å². The second kappa shape index (κ2) is 6.71. The van der Waals surface area contributed by atoms with Crippen LogP contribution in [0.25, 0.3) is 0 Å². The summed E-state index contributed by atoms with van der Waals surface area (Å²) < 4.78 is 13.0. The van der Waals surface area contributed by atoms with Crippen molar-refractivity contribution >= 4 is 18.3 Å². The molecule has 3 N–H and O–H groups in total. The van der Waals surface area contributed by atoms with Crippen molar-refractivity contribution in [2.75, 3.05) is 6.54 Å². The molecule has 0 aliphatic heterocycles. The maximum atomic E-state index is 13.0. The fourth-order valence-corrected chi connectivity index (χ4v) is 1.42. The van der Waals surface area contributed by atoms with Crippen LogP contribution >= 0.6 is 12.4 Å². The third kappa shape index (κ3) is 4.63. The number of carbonyl (C=O) groups is 1. The molecule has 1 aromatic carbocycles. The van der Waals surface area contributed by atoms with Crippen LogP contribution in [-0.2, 0) is 4.79 Å². The van der Waals surface area contributed by atoms with E-state index in [0.717, 1.165) is 0 Å². The zero-order valence-electron chi connectivity index (χ0n) is 10.9. The Morgan fingerprint density at radius 1 is 1.50 bits per heavy atom. The summed E-state index contributed by atoms with van der Waals surface area (Å²) >= 11 is 0. The Kier molecular flexibility index (Phi) is 6.29. The lowest BCUT2D eigenvalue weighted by Gasteiger charge is -2.26. The Morgan fingerprint density at radius 2 is 2.11 bits per heavy atom. The quantitative estimate of drug-likeness (QED) is 0.884. The zero-order chi connectivity index (χ0) is 13.1. The van der Waals surface area contributed by atoms with Crippen LogP contribution < -0.4 is 11.1 Å². The first-order valence-electron chi connectivity index (χ1n) is 5.63. The topological polar surface area (TPSA) is 55.1 Å². The van der Waals surface area contributed by atoms with Crippen molar-refractivity contribution in [3.63, 3.8) is 0 Å². The van der Waals surface area contributed by atoms with Crippen molar-refractivity contribution in [3.8, 4) is 0 Å². The largest absolute Gasteiger partial charge is 0.349 e. The Morgan fingerprint density at radius 3 is 2.61 bits per heavy atom. The Balaban J connectivity index is 0.00000289. The van der Waals surface area contributed by atoms with Gasteiger partial charge in [-0.05, 0) is 38.5 Å². The molecule has 0 saturated heterocycles. The molecule has 0 heterocycles. The van der Waals surface area contributed by atoms with Gasteiger partial charge in [-0.1, -0.05) is 12.1 Å². The highest BCUT2D eigenvalue weighted by Gasteiger charge is 2.23. The third-order valence-corrected chi connectivity index (χ3v) is 2.71. The smallest absolute Gasteiger partial charge is 0.227 e. The number of hydrogen-bond acceptors (Lipinski definition) is 2. The van der Waals surface area contributed by atoms with E-state index in [1.807, 2.05) is 13.8 Å². The van der Waals surface area contributed by atoms with Crippen LogP contribution in [0, 0.1) is 5.82 Å². The van der Waals surface area contributed by atoms with Gasteiger partial charge >= 0.3 is 0 Å². The standard InChI is InChI=1S/C13H19FN2O.ClH/c1-9(10-5-4-6-11(14)7-10)12(17)16-13(2,3)8-15;/h4-7,9H,8,15H2,1-3H3,(H,16,17);1H. The minimum Gasteiger partial charge on any atom is -0.349 e. The number of nitrogens with one attached hydrogen (secondary N) is 1. The highest BCUT2D eigenvalue weighted by Crippen LogP contribution is 2.17. The molecule has 0 aliphatic rings. The van der Waals surface area contributed by atoms with Gasteiger partial charge < -0.3 is 11.1 Å². The van der Waals surface area contributed by atoms with E-state index in [2.05, 4.69) is 5.32 Å². The molecule has 5 heteroatoms. The normalized spacial score (nSPS) is 12.5. The van der Waals surface area contributed by atoms with Crippen LogP contribution in [0.2, 0.25) is 0 Å². The van der Waals surface area contributed by atoms with E-state index in [9.17, 15) is 9.18 Å². The summed E-state index contributed by atoms with van der Waals surface area (Å²) in [4.78, 5) is 11.9. The Hall–Kier alpha value is -1.13. The van der Waals surface area contributed by atoms with E-state index < -0.39 is 11.5 Å². The molecule has 0 fully saturated rings. The summed E-state index contributed by atoms with van der Waals surface area (Å²) in [5, 5.41) is 2.84. The Bertz CT molecular complexity index is 410. The van der Waals surface area contributed by atoms with E-state index in [4.69, 9.17) is 5.73 Å².